The smallest absolute Gasteiger partial charge is 0.475 e. The maximum atomic E-state index is 12.6. The minimum absolute atomic E-state index is 0.208. The average Bonchev–Trinajstić information content (AvgIpc) is 2.41. The zero-order valence-electron chi connectivity index (χ0n) is 10.8. The third kappa shape index (κ3) is 9.04. The fraction of sp³-hybridized carbons (Fsp3) is 0.308. The minimum Gasteiger partial charge on any atom is -0.475 e. The van der Waals surface area contributed by atoms with Gasteiger partial charge >= 0.3 is 12.1 Å². The molecule has 0 aliphatic heterocycles. The largest absolute Gasteiger partial charge is 0.490 e. The Morgan fingerprint density at radius 1 is 1.29 bits per heavy atom. The first-order valence-corrected chi connectivity index (χ1v) is 6.17. The number of aliphatic carboxylic acids is 1. The van der Waals surface area contributed by atoms with Crippen LogP contribution in [0.4, 0.5) is 17.6 Å². The number of nitrogens with two attached hydrogens (primary N) is 1. The van der Waals surface area contributed by atoms with E-state index in [2.05, 4.69) is 0 Å². The van der Waals surface area contributed by atoms with Gasteiger partial charge in [-0.25, -0.2) is 9.18 Å². The highest BCUT2D eigenvalue weighted by Gasteiger charge is 2.38. The lowest BCUT2D eigenvalue weighted by molar-refractivity contribution is -0.192. The molecule has 0 aliphatic rings. The van der Waals surface area contributed by atoms with Gasteiger partial charge in [-0.15, -0.1) is 0 Å². The lowest BCUT2D eigenvalue weighted by atomic mass is 10.1. The molecule has 3 N–H and O–H groups in total. The van der Waals surface area contributed by atoms with Gasteiger partial charge < -0.3 is 10.8 Å². The van der Waals surface area contributed by atoms with E-state index in [-0.39, 0.29) is 5.82 Å². The Morgan fingerprint density at radius 2 is 1.76 bits per heavy atom. The van der Waals surface area contributed by atoms with Crippen LogP contribution in [0.25, 0.3) is 0 Å². The summed E-state index contributed by atoms with van der Waals surface area (Å²) in [5.41, 5.74) is 9.08. The van der Waals surface area contributed by atoms with Crippen LogP contribution in [0, 0.1) is 5.82 Å². The Labute approximate surface area is 124 Å². The van der Waals surface area contributed by atoms with Crippen molar-refractivity contribution in [2.24, 2.45) is 5.73 Å². The van der Waals surface area contributed by atoms with Crippen LogP contribution in [0.1, 0.15) is 12.0 Å². The van der Waals surface area contributed by atoms with E-state index in [1.54, 1.807) is 12.1 Å². The van der Waals surface area contributed by atoms with Gasteiger partial charge in [-0.2, -0.15) is 13.2 Å². The van der Waals surface area contributed by atoms with Crippen LogP contribution in [0.15, 0.2) is 35.4 Å². The van der Waals surface area contributed by atoms with Gasteiger partial charge in [-0.3, -0.25) is 0 Å². The Morgan fingerprint density at radius 3 is 2.10 bits per heavy atom. The summed E-state index contributed by atoms with van der Waals surface area (Å²) in [5.74, 6) is -2.96. The minimum atomic E-state index is -5.08. The quantitative estimate of drug-likeness (QED) is 0.832. The monoisotopic (exact) mass is 327 g/mol. The molecule has 0 saturated carbocycles. The van der Waals surface area contributed by atoms with Crippen molar-refractivity contribution in [1.82, 2.24) is 0 Å². The van der Waals surface area contributed by atoms with E-state index in [4.69, 9.17) is 27.2 Å². The lowest BCUT2D eigenvalue weighted by Crippen LogP contribution is -2.21. The van der Waals surface area contributed by atoms with Crippen molar-refractivity contribution >= 4 is 17.6 Å². The zero-order valence-corrected chi connectivity index (χ0v) is 11.6. The molecule has 0 bridgehead atoms. The van der Waals surface area contributed by atoms with Gasteiger partial charge in [0.25, 0.3) is 0 Å². The third-order valence-electron chi connectivity index (χ3n) is 2.31. The summed E-state index contributed by atoms with van der Waals surface area (Å²) in [4.78, 5) is 8.90. The van der Waals surface area contributed by atoms with E-state index in [9.17, 15) is 17.6 Å². The van der Waals surface area contributed by atoms with Crippen molar-refractivity contribution in [1.29, 1.82) is 0 Å². The summed E-state index contributed by atoms with van der Waals surface area (Å²) < 4.78 is 44.3. The van der Waals surface area contributed by atoms with Crippen LogP contribution in [0.3, 0.4) is 0 Å². The van der Waals surface area contributed by atoms with Crippen molar-refractivity contribution < 1.29 is 27.5 Å². The number of carboxylic acid groups (broad SMARTS) is 1. The molecular formula is C13H14ClF4NO2. The van der Waals surface area contributed by atoms with Gasteiger partial charge in [0, 0.05) is 12.1 Å². The molecule has 0 unspecified atom stereocenters. The van der Waals surface area contributed by atoms with Crippen molar-refractivity contribution in [2.75, 3.05) is 6.54 Å². The number of halogens is 5. The molecule has 8 heteroatoms. The topological polar surface area (TPSA) is 63.3 Å². The number of benzene rings is 1. The molecule has 0 saturated heterocycles. The normalized spacial score (nSPS) is 11.6. The van der Waals surface area contributed by atoms with Crippen LogP contribution < -0.4 is 5.73 Å². The third-order valence-corrected chi connectivity index (χ3v) is 2.62. The number of hydrogen-bond donors (Lipinski definition) is 2. The zero-order chi connectivity index (χ0) is 16.5. The summed E-state index contributed by atoms with van der Waals surface area (Å²) >= 11 is 5.56. The molecule has 0 spiro atoms. The molecule has 0 atom stereocenters. The molecule has 0 aliphatic carbocycles. The van der Waals surface area contributed by atoms with Gasteiger partial charge in [0.2, 0.25) is 0 Å². The van der Waals surface area contributed by atoms with Crippen LogP contribution in [-0.4, -0.2) is 23.8 Å². The van der Waals surface area contributed by atoms with Crippen LogP contribution >= 0.6 is 11.6 Å². The Kier molecular flexibility index (Phi) is 8.64. The molecule has 1 aromatic rings. The molecule has 118 valence electrons. The van der Waals surface area contributed by atoms with Crippen LogP contribution in [0.2, 0.25) is 0 Å². The first-order chi connectivity index (χ1) is 9.70. The molecule has 1 rings (SSSR count). The molecule has 0 aromatic heterocycles. The summed E-state index contributed by atoms with van der Waals surface area (Å²) in [7, 11) is 0. The Balaban J connectivity index is 0.000000486. The number of hydrogen-bond acceptors (Lipinski definition) is 2. The van der Waals surface area contributed by atoms with E-state index in [1.807, 2.05) is 0 Å². The number of aryl methyl sites for hydroxylation is 1. The molecule has 0 heterocycles. The van der Waals surface area contributed by atoms with E-state index in [0.717, 1.165) is 24.0 Å². The van der Waals surface area contributed by atoms with Crippen LogP contribution in [0.5, 0.6) is 0 Å². The molecule has 1 aromatic carbocycles. The van der Waals surface area contributed by atoms with E-state index < -0.39 is 12.1 Å². The van der Waals surface area contributed by atoms with Gasteiger partial charge in [0.05, 0.1) is 0 Å². The van der Waals surface area contributed by atoms with Gasteiger partial charge in [0.1, 0.15) is 5.82 Å². The van der Waals surface area contributed by atoms with E-state index >= 15 is 0 Å². The highest BCUT2D eigenvalue weighted by atomic mass is 35.5. The Bertz CT molecular complexity index is 472. The van der Waals surface area contributed by atoms with Crippen molar-refractivity contribution in [3.8, 4) is 0 Å². The first-order valence-electron chi connectivity index (χ1n) is 5.73. The summed E-state index contributed by atoms with van der Waals surface area (Å²) in [5, 5.41) is 7.12. The van der Waals surface area contributed by atoms with E-state index in [1.165, 1.54) is 17.7 Å². The lowest BCUT2D eigenvalue weighted by Gasteiger charge is -2.03. The maximum Gasteiger partial charge on any atom is 0.490 e. The molecule has 0 radical (unpaired) electrons. The fourth-order valence-corrected chi connectivity index (χ4v) is 1.36. The number of rotatable bonds is 4. The average molecular weight is 328 g/mol. The van der Waals surface area contributed by atoms with Crippen molar-refractivity contribution in [3.63, 3.8) is 0 Å². The molecule has 21 heavy (non-hydrogen) atoms. The molecule has 0 amide bonds. The number of alkyl halides is 3. The summed E-state index contributed by atoms with van der Waals surface area (Å²) in [6, 6.07) is 6.47. The second kappa shape index (κ2) is 9.36. The number of carboxylic acids is 1. The number of carbonyl (C=O) groups is 1. The molecule has 3 nitrogen and oxygen atoms in total. The van der Waals surface area contributed by atoms with Crippen LogP contribution in [-0.2, 0) is 11.2 Å². The standard InChI is InChI=1S/C11H13ClFN.C2HF3O2/c12-7-10(8-14)2-1-9-3-5-11(13)6-4-9;3-2(4,5)1(6)7/h3-7H,1-2,8,14H2;(H,6,7). The first kappa shape index (κ1) is 19.4. The SMILES string of the molecule is NCC(=CCl)CCc1ccc(F)cc1.O=C(O)C(F)(F)F. The second-order valence-corrected chi connectivity index (χ2v) is 4.12. The van der Waals surface area contributed by atoms with Gasteiger partial charge in [-0.05, 0) is 36.1 Å². The highest BCUT2D eigenvalue weighted by molar-refractivity contribution is 6.25. The second-order valence-electron chi connectivity index (χ2n) is 3.90. The molecule has 0 fully saturated rings. The summed E-state index contributed by atoms with van der Waals surface area (Å²) in [6.07, 6.45) is -3.42. The fourth-order valence-electron chi connectivity index (χ4n) is 1.16. The molecular weight excluding hydrogens is 314 g/mol. The Hall–Kier alpha value is -1.60. The van der Waals surface area contributed by atoms with Crippen molar-refractivity contribution in [3.05, 3.63) is 46.8 Å². The summed E-state index contributed by atoms with van der Waals surface area (Å²) in [6.45, 7) is 0.477. The van der Waals surface area contributed by atoms with Gasteiger partial charge in [0.15, 0.2) is 0 Å². The predicted molar refractivity (Wildman–Crippen MR) is 71.4 cm³/mol. The predicted octanol–water partition coefficient (Wildman–Crippen LogP) is 3.47. The highest BCUT2D eigenvalue weighted by Crippen LogP contribution is 2.13. The van der Waals surface area contributed by atoms with Gasteiger partial charge in [-0.1, -0.05) is 23.7 Å². The van der Waals surface area contributed by atoms with Crippen molar-refractivity contribution in [2.45, 2.75) is 19.0 Å². The van der Waals surface area contributed by atoms with E-state index in [0.29, 0.717) is 6.54 Å². The maximum absolute atomic E-state index is 12.6.